The minimum atomic E-state index is -1.70. The lowest BCUT2D eigenvalue weighted by Gasteiger charge is -2.40. The zero-order chi connectivity index (χ0) is 13.1. The molecule has 5 nitrogen and oxygen atoms in total. The van der Waals surface area contributed by atoms with E-state index in [0.29, 0.717) is 12.8 Å². The summed E-state index contributed by atoms with van der Waals surface area (Å²) in [7, 11) is 1.19. The molecule has 0 spiro atoms. The van der Waals surface area contributed by atoms with Crippen molar-refractivity contribution in [3.05, 3.63) is 12.7 Å². The Bertz CT molecular complexity index is 291. The number of carbonyl (C=O) groups is 1. The number of ether oxygens (including phenoxy) is 1. The maximum absolute atomic E-state index is 11.5. The van der Waals surface area contributed by atoms with Crippen molar-refractivity contribution < 1.29 is 24.9 Å². The lowest BCUT2D eigenvalue weighted by Crippen LogP contribution is -2.54. The van der Waals surface area contributed by atoms with E-state index in [2.05, 4.69) is 11.3 Å². The highest BCUT2D eigenvalue weighted by molar-refractivity contribution is 5.79. The fourth-order valence-corrected chi connectivity index (χ4v) is 2.38. The van der Waals surface area contributed by atoms with Gasteiger partial charge < -0.3 is 20.1 Å². The summed E-state index contributed by atoms with van der Waals surface area (Å²) in [5.41, 5.74) is -1.70. The van der Waals surface area contributed by atoms with E-state index in [1.54, 1.807) is 6.08 Å². The lowest BCUT2D eigenvalue weighted by atomic mass is 9.73. The van der Waals surface area contributed by atoms with Gasteiger partial charge in [-0.25, -0.2) is 4.79 Å². The number of rotatable bonds is 4. The Labute approximate surface area is 101 Å². The average molecular weight is 244 g/mol. The molecule has 3 N–H and O–H groups in total. The van der Waals surface area contributed by atoms with Gasteiger partial charge in [0.15, 0.2) is 5.60 Å². The van der Waals surface area contributed by atoms with Crippen LogP contribution in [-0.2, 0) is 9.53 Å². The molecule has 0 radical (unpaired) electrons. The molecule has 0 amide bonds. The van der Waals surface area contributed by atoms with Crippen LogP contribution < -0.4 is 0 Å². The number of hydrogen-bond acceptors (Lipinski definition) is 5. The van der Waals surface area contributed by atoms with Crippen LogP contribution in [0.4, 0.5) is 0 Å². The summed E-state index contributed by atoms with van der Waals surface area (Å²) in [6, 6.07) is 0. The first-order valence-electron chi connectivity index (χ1n) is 5.72. The molecule has 1 rings (SSSR count). The first-order chi connectivity index (χ1) is 7.94. The second kappa shape index (κ2) is 5.62. The predicted octanol–water partition coefficient (Wildman–Crippen LogP) is -0.0115. The van der Waals surface area contributed by atoms with Crippen LogP contribution in [0.5, 0.6) is 0 Å². The Balaban J connectivity index is 2.78. The van der Waals surface area contributed by atoms with E-state index in [1.165, 1.54) is 7.11 Å². The standard InChI is InChI=1S/C12H20O5/c1-3-4-5-8-6-12(16,11(15)17-2)7-9(13)10(8)14/h3,8-10,13-14,16H,1,4-7H2,2H3/t8-,9+,10+,12-/m0/s1. The van der Waals surface area contributed by atoms with Gasteiger partial charge in [0.05, 0.1) is 19.3 Å². The van der Waals surface area contributed by atoms with Crippen molar-refractivity contribution in [3.63, 3.8) is 0 Å². The molecule has 0 unspecified atom stereocenters. The van der Waals surface area contributed by atoms with Gasteiger partial charge in [0.1, 0.15) is 0 Å². The zero-order valence-corrected chi connectivity index (χ0v) is 10.0. The summed E-state index contributed by atoms with van der Waals surface area (Å²) in [5.74, 6) is -1.09. The summed E-state index contributed by atoms with van der Waals surface area (Å²) in [4.78, 5) is 11.5. The van der Waals surface area contributed by atoms with E-state index in [1.807, 2.05) is 0 Å². The SMILES string of the molecule is C=CCC[C@H]1C[C@@](O)(C(=O)OC)C[C@@H](O)[C@@H]1O. The summed E-state index contributed by atoms with van der Waals surface area (Å²) in [5, 5.41) is 29.6. The maximum atomic E-state index is 11.5. The number of carbonyl (C=O) groups excluding carboxylic acids is 1. The minimum Gasteiger partial charge on any atom is -0.467 e. The Kier molecular flexibility index (Phi) is 4.68. The Hall–Kier alpha value is -0.910. The lowest BCUT2D eigenvalue weighted by molar-refractivity contribution is -0.182. The summed E-state index contributed by atoms with van der Waals surface area (Å²) in [6.45, 7) is 3.58. The average Bonchev–Trinajstić information content (AvgIpc) is 2.31. The van der Waals surface area contributed by atoms with Gasteiger partial charge in [-0.2, -0.15) is 0 Å². The molecule has 5 heteroatoms. The highest BCUT2D eigenvalue weighted by Crippen LogP contribution is 2.36. The molecule has 0 saturated heterocycles. The van der Waals surface area contributed by atoms with E-state index in [-0.39, 0.29) is 18.8 Å². The van der Waals surface area contributed by atoms with Crippen molar-refractivity contribution in [2.45, 2.75) is 43.5 Å². The predicted molar refractivity (Wildman–Crippen MR) is 61.1 cm³/mol. The van der Waals surface area contributed by atoms with Crippen molar-refractivity contribution in [1.82, 2.24) is 0 Å². The molecule has 1 saturated carbocycles. The van der Waals surface area contributed by atoms with Crippen molar-refractivity contribution in [1.29, 1.82) is 0 Å². The smallest absolute Gasteiger partial charge is 0.337 e. The Morgan fingerprint density at radius 3 is 2.71 bits per heavy atom. The van der Waals surface area contributed by atoms with Gasteiger partial charge in [-0.05, 0) is 25.2 Å². The van der Waals surface area contributed by atoms with Gasteiger partial charge in [0, 0.05) is 6.42 Å². The Morgan fingerprint density at radius 2 is 2.18 bits per heavy atom. The molecule has 0 aliphatic heterocycles. The van der Waals surface area contributed by atoms with E-state index < -0.39 is 23.8 Å². The third-order valence-corrected chi connectivity index (χ3v) is 3.33. The van der Waals surface area contributed by atoms with E-state index >= 15 is 0 Å². The summed E-state index contributed by atoms with van der Waals surface area (Å²) < 4.78 is 4.53. The largest absolute Gasteiger partial charge is 0.467 e. The second-order valence-electron chi connectivity index (χ2n) is 4.62. The molecule has 0 aromatic rings. The molecule has 0 heterocycles. The Morgan fingerprint density at radius 1 is 1.53 bits per heavy atom. The molecule has 0 bridgehead atoms. The summed E-state index contributed by atoms with van der Waals surface area (Å²) >= 11 is 0. The number of esters is 1. The van der Waals surface area contributed by atoms with Gasteiger partial charge in [0.25, 0.3) is 0 Å². The molecule has 98 valence electrons. The van der Waals surface area contributed by atoms with Crippen LogP contribution in [0.1, 0.15) is 25.7 Å². The van der Waals surface area contributed by atoms with Crippen molar-refractivity contribution in [2.75, 3.05) is 7.11 Å². The fourth-order valence-electron chi connectivity index (χ4n) is 2.38. The van der Waals surface area contributed by atoms with Crippen molar-refractivity contribution in [2.24, 2.45) is 5.92 Å². The molecule has 17 heavy (non-hydrogen) atoms. The van der Waals surface area contributed by atoms with Crippen LogP contribution in [0, 0.1) is 5.92 Å². The van der Waals surface area contributed by atoms with E-state index in [9.17, 15) is 20.1 Å². The van der Waals surface area contributed by atoms with Gasteiger partial charge in [-0.1, -0.05) is 6.08 Å². The molecular formula is C12H20O5. The van der Waals surface area contributed by atoms with Crippen LogP contribution in [0.25, 0.3) is 0 Å². The first-order valence-corrected chi connectivity index (χ1v) is 5.72. The minimum absolute atomic E-state index is 0.103. The first kappa shape index (κ1) is 14.2. The van der Waals surface area contributed by atoms with Crippen LogP contribution in [-0.4, -0.2) is 46.2 Å². The number of aliphatic hydroxyl groups excluding tert-OH is 2. The van der Waals surface area contributed by atoms with Gasteiger partial charge in [-0.15, -0.1) is 6.58 Å². The highest BCUT2D eigenvalue weighted by Gasteiger charge is 2.48. The molecule has 0 aromatic carbocycles. The molecule has 1 fully saturated rings. The summed E-state index contributed by atoms with van der Waals surface area (Å²) in [6.07, 6.45) is 0.817. The van der Waals surface area contributed by atoms with Crippen LogP contribution in [0.3, 0.4) is 0 Å². The van der Waals surface area contributed by atoms with E-state index in [0.717, 1.165) is 0 Å². The third kappa shape index (κ3) is 3.06. The molecule has 1 aliphatic rings. The zero-order valence-electron chi connectivity index (χ0n) is 10.0. The number of allylic oxidation sites excluding steroid dienone is 1. The van der Waals surface area contributed by atoms with E-state index in [4.69, 9.17) is 0 Å². The van der Waals surface area contributed by atoms with Crippen LogP contribution in [0.2, 0.25) is 0 Å². The van der Waals surface area contributed by atoms with Crippen molar-refractivity contribution >= 4 is 5.97 Å². The monoisotopic (exact) mass is 244 g/mol. The van der Waals surface area contributed by atoms with Gasteiger partial charge in [0.2, 0.25) is 0 Å². The quantitative estimate of drug-likeness (QED) is 0.478. The second-order valence-corrected chi connectivity index (χ2v) is 4.62. The number of aliphatic hydroxyl groups is 3. The third-order valence-electron chi connectivity index (χ3n) is 3.33. The van der Waals surface area contributed by atoms with Crippen LogP contribution >= 0.6 is 0 Å². The molecule has 4 atom stereocenters. The van der Waals surface area contributed by atoms with Gasteiger partial charge in [-0.3, -0.25) is 0 Å². The maximum Gasteiger partial charge on any atom is 0.337 e. The molecular weight excluding hydrogens is 224 g/mol. The number of methoxy groups -OCH3 is 1. The molecule has 0 aromatic heterocycles. The topological polar surface area (TPSA) is 87.0 Å². The number of hydrogen-bond donors (Lipinski definition) is 3. The molecule has 1 aliphatic carbocycles. The van der Waals surface area contributed by atoms with Crippen LogP contribution in [0.15, 0.2) is 12.7 Å². The normalized spacial score (nSPS) is 37.5. The van der Waals surface area contributed by atoms with Gasteiger partial charge >= 0.3 is 5.97 Å². The highest BCUT2D eigenvalue weighted by atomic mass is 16.5. The van der Waals surface area contributed by atoms with Crippen molar-refractivity contribution in [3.8, 4) is 0 Å². The fraction of sp³-hybridized carbons (Fsp3) is 0.750.